The summed E-state index contributed by atoms with van der Waals surface area (Å²) in [4.78, 5) is 22.2. The molecule has 1 amide bonds. The number of nitrogens with zero attached hydrogens (tertiary/aromatic N) is 1. The Bertz CT molecular complexity index is 781. The first kappa shape index (κ1) is 16.3. The Morgan fingerprint density at radius 3 is 2.57 bits per heavy atom. The smallest absolute Gasteiger partial charge is 0.292 e. The molecule has 8 heteroatoms. The summed E-state index contributed by atoms with van der Waals surface area (Å²) in [6.45, 7) is 1.51. The fourth-order valence-electron chi connectivity index (χ4n) is 2.05. The van der Waals surface area contributed by atoms with Crippen molar-refractivity contribution in [3.05, 3.63) is 69.3 Å². The normalized spacial score (nSPS) is 11.8. The van der Waals surface area contributed by atoms with Crippen LogP contribution >= 0.6 is 0 Å². The van der Waals surface area contributed by atoms with Crippen molar-refractivity contribution in [3.63, 3.8) is 0 Å². The number of nitrogens with two attached hydrogens (primary N) is 1. The van der Waals surface area contributed by atoms with Crippen molar-refractivity contribution in [1.29, 1.82) is 0 Å². The van der Waals surface area contributed by atoms with E-state index >= 15 is 0 Å². The van der Waals surface area contributed by atoms with Gasteiger partial charge < -0.3 is 11.1 Å². The van der Waals surface area contributed by atoms with Gasteiger partial charge in [-0.15, -0.1) is 0 Å². The van der Waals surface area contributed by atoms with Gasteiger partial charge in [0.25, 0.3) is 11.6 Å². The molecule has 0 aromatic heterocycles. The first-order valence-corrected chi connectivity index (χ1v) is 6.59. The molecule has 0 aliphatic rings. The zero-order valence-corrected chi connectivity index (χ0v) is 12.0. The summed E-state index contributed by atoms with van der Waals surface area (Å²) in [5.41, 5.74) is 5.12. The fraction of sp³-hybridized carbons (Fsp3) is 0.133. The van der Waals surface area contributed by atoms with E-state index in [2.05, 4.69) is 5.32 Å². The number of nitrogens with one attached hydrogen (secondary N) is 1. The number of anilines is 1. The van der Waals surface area contributed by atoms with E-state index in [0.29, 0.717) is 6.07 Å². The lowest BCUT2D eigenvalue weighted by molar-refractivity contribution is -0.383. The summed E-state index contributed by atoms with van der Waals surface area (Å²) in [6, 6.07) is 5.88. The minimum atomic E-state index is -0.791. The maximum Gasteiger partial charge on any atom is 0.292 e. The van der Waals surface area contributed by atoms with Gasteiger partial charge >= 0.3 is 0 Å². The number of carbonyl (C=O) groups is 1. The van der Waals surface area contributed by atoms with Gasteiger partial charge in [-0.2, -0.15) is 0 Å². The molecule has 0 saturated carbocycles. The Labute approximate surface area is 130 Å². The second-order valence-corrected chi connectivity index (χ2v) is 4.89. The predicted octanol–water partition coefficient (Wildman–Crippen LogP) is 2.95. The van der Waals surface area contributed by atoms with Crippen LogP contribution in [-0.4, -0.2) is 10.8 Å². The van der Waals surface area contributed by atoms with Crippen LogP contribution in [0.1, 0.15) is 28.9 Å². The minimum Gasteiger partial charge on any atom is -0.393 e. The maximum absolute atomic E-state index is 13.7. The number of amides is 1. The molecule has 1 atom stereocenters. The lowest BCUT2D eigenvalue weighted by atomic mass is 10.1. The number of carbonyl (C=O) groups excluding carboxylic acids is 1. The van der Waals surface area contributed by atoms with Gasteiger partial charge in [-0.25, -0.2) is 8.78 Å². The first-order chi connectivity index (χ1) is 10.8. The summed E-state index contributed by atoms with van der Waals surface area (Å²) in [7, 11) is 0. The third-order valence-electron chi connectivity index (χ3n) is 3.27. The van der Waals surface area contributed by atoms with E-state index in [1.807, 2.05) is 0 Å². The van der Waals surface area contributed by atoms with Gasteiger partial charge in [-0.05, 0) is 25.1 Å². The second kappa shape index (κ2) is 6.39. The molecule has 0 spiro atoms. The van der Waals surface area contributed by atoms with Crippen molar-refractivity contribution < 1.29 is 18.5 Å². The van der Waals surface area contributed by atoms with Crippen LogP contribution in [0.3, 0.4) is 0 Å². The number of nitro groups is 1. The second-order valence-electron chi connectivity index (χ2n) is 4.89. The quantitative estimate of drug-likeness (QED) is 0.514. The molecule has 6 nitrogen and oxygen atoms in total. The molecule has 2 aromatic carbocycles. The molecule has 0 bridgehead atoms. The van der Waals surface area contributed by atoms with Gasteiger partial charge in [-0.1, -0.05) is 6.07 Å². The standard InChI is InChI=1S/C15H13F2N3O3/c1-8(11-4-3-10(16)7-12(11)17)19-15(21)9-2-5-13(18)14(6-9)20(22)23/h2-8H,18H2,1H3,(H,19,21)/t8-/m1/s1. The fourth-order valence-corrected chi connectivity index (χ4v) is 2.05. The van der Waals surface area contributed by atoms with Crippen LogP contribution in [0.4, 0.5) is 20.2 Å². The van der Waals surface area contributed by atoms with Gasteiger partial charge in [0.05, 0.1) is 11.0 Å². The van der Waals surface area contributed by atoms with E-state index in [4.69, 9.17) is 5.73 Å². The lowest BCUT2D eigenvalue weighted by Crippen LogP contribution is -2.27. The van der Waals surface area contributed by atoms with E-state index < -0.39 is 34.2 Å². The van der Waals surface area contributed by atoms with E-state index in [-0.39, 0.29) is 16.8 Å². The van der Waals surface area contributed by atoms with E-state index in [9.17, 15) is 23.7 Å². The average Bonchev–Trinajstić information content (AvgIpc) is 2.46. The SMILES string of the molecule is C[C@@H](NC(=O)c1ccc(N)c([N+](=O)[O-])c1)c1ccc(F)cc1F. The van der Waals surface area contributed by atoms with Gasteiger partial charge in [0.2, 0.25) is 0 Å². The van der Waals surface area contributed by atoms with Crippen molar-refractivity contribution in [2.45, 2.75) is 13.0 Å². The average molecular weight is 321 g/mol. The Balaban J connectivity index is 2.21. The molecule has 120 valence electrons. The summed E-state index contributed by atoms with van der Waals surface area (Å²) in [5, 5.41) is 13.3. The van der Waals surface area contributed by atoms with Crippen molar-refractivity contribution in [2.75, 3.05) is 5.73 Å². The molecule has 3 N–H and O–H groups in total. The zero-order valence-electron chi connectivity index (χ0n) is 12.0. The highest BCUT2D eigenvalue weighted by atomic mass is 19.1. The molecule has 0 fully saturated rings. The topological polar surface area (TPSA) is 98.3 Å². The number of benzene rings is 2. The van der Waals surface area contributed by atoms with Crippen LogP contribution in [0.2, 0.25) is 0 Å². The Kier molecular flexibility index (Phi) is 4.54. The van der Waals surface area contributed by atoms with Crippen molar-refractivity contribution >= 4 is 17.3 Å². The highest BCUT2D eigenvalue weighted by Crippen LogP contribution is 2.23. The minimum absolute atomic E-state index is 0.0141. The van der Waals surface area contributed by atoms with Crippen LogP contribution in [0.25, 0.3) is 0 Å². The molecule has 0 aliphatic heterocycles. The number of halogens is 2. The van der Waals surface area contributed by atoms with E-state index in [1.54, 1.807) is 0 Å². The number of hydrogen-bond acceptors (Lipinski definition) is 4. The third kappa shape index (κ3) is 3.60. The Morgan fingerprint density at radius 1 is 1.26 bits per heavy atom. The molecule has 2 aromatic rings. The summed E-state index contributed by atoms with van der Waals surface area (Å²) in [6.07, 6.45) is 0. The van der Waals surface area contributed by atoms with E-state index in [0.717, 1.165) is 12.1 Å². The van der Waals surface area contributed by atoms with Crippen molar-refractivity contribution in [3.8, 4) is 0 Å². The molecule has 2 rings (SSSR count). The zero-order chi connectivity index (χ0) is 17.1. The van der Waals surface area contributed by atoms with Crippen LogP contribution in [0.15, 0.2) is 36.4 Å². The van der Waals surface area contributed by atoms with Crippen LogP contribution < -0.4 is 11.1 Å². The number of nitro benzene ring substituents is 1. The van der Waals surface area contributed by atoms with Crippen molar-refractivity contribution in [2.24, 2.45) is 0 Å². The van der Waals surface area contributed by atoms with Gasteiger partial charge in [-0.3, -0.25) is 14.9 Å². The molecule has 0 radical (unpaired) electrons. The van der Waals surface area contributed by atoms with Crippen molar-refractivity contribution in [1.82, 2.24) is 5.32 Å². The first-order valence-electron chi connectivity index (χ1n) is 6.59. The Hall–Kier alpha value is -3.03. The number of rotatable bonds is 4. The Morgan fingerprint density at radius 2 is 1.96 bits per heavy atom. The molecule has 0 unspecified atom stereocenters. The summed E-state index contributed by atoms with van der Waals surface area (Å²) < 4.78 is 26.6. The lowest BCUT2D eigenvalue weighted by Gasteiger charge is -2.15. The monoisotopic (exact) mass is 321 g/mol. The molecule has 0 saturated heterocycles. The summed E-state index contributed by atoms with van der Waals surface area (Å²) in [5.74, 6) is -2.15. The molecule has 23 heavy (non-hydrogen) atoms. The predicted molar refractivity (Wildman–Crippen MR) is 79.7 cm³/mol. The summed E-state index contributed by atoms with van der Waals surface area (Å²) >= 11 is 0. The highest BCUT2D eigenvalue weighted by molar-refractivity contribution is 5.95. The number of nitrogen functional groups attached to an aromatic ring is 1. The largest absolute Gasteiger partial charge is 0.393 e. The van der Waals surface area contributed by atoms with Gasteiger partial charge in [0, 0.05) is 23.3 Å². The van der Waals surface area contributed by atoms with Crippen LogP contribution in [-0.2, 0) is 0 Å². The highest BCUT2D eigenvalue weighted by Gasteiger charge is 2.19. The van der Waals surface area contributed by atoms with Crippen LogP contribution in [0.5, 0.6) is 0 Å². The van der Waals surface area contributed by atoms with Gasteiger partial charge in [0.15, 0.2) is 0 Å². The molecule has 0 heterocycles. The van der Waals surface area contributed by atoms with Crippen LogP contribution in [0, 0.1) is 21.7 Å². The number of hydrogen-bond donors (Lipinski definition) is 2. The maximum atomic E-state index is 13.7. The van der Waals surface area contributed by atoms with E-state index in [1.165, 1.54) is 25.1 Å². The third-order valence-corrected chi connectivity index (χ3v) is 3.27. The molecule has 0 aliphatic carbocycles. The van der Waals surface area contributed by atoms with Gasteiger partial charge in [0.1, 0.15) is 17.3 Å². The molecular weight excluding hydrogens is 308 g/mol. The molecular formula is C15H13F2N3O3.